The van der Waals surface area contributed by atoms with E-state index in [0.29, 0.717) is 48.8 Å². The van der Waals surface area contributed by atoms with E-state index >= 15 is 0 Å². The van der Waals surface area contributed by atoms with Crippen molar-refractivity contribution in [2.45, 2.75) is 32.2 Å². The number of rotatable bonds is 11. The summed E-state index contributed by atoms with van der Waals surface area (Å²) in [6.07, 6.45) is 2.03. The molecule has 2 aromatic carbocycles. The number of hydrogen-bond donors (Lipinski definition) is 1. The Bertz CT molecular complexity index is 968. The lowest BCUT2D eigenvalue weighted by Crippen LogP contribution is -2.42. The summed E-state index contributed by atoms with van der Waals surface area (Å²) in [6, 6.07) is 11.6. The quantitative estimate of drug-likeness (QED) is 0.504. The third-order valence-corrected chi connectivity index (χ3v) is 6.04. The molecule has 1 aliphatic rings. The van der Waals surface area contributed by atoms with Gasteiger partial charge in [-0.1, -0.05) is 24.3 Å². The maximum atomic E-state index is 13.1. The minimum Gasteiger partial charge on any atom is -0.493 e. The molecule has 1 atom stereocenters. The Morgan fingerprint density at radius 1 is 1.06 bits per heavy atom. The fourth-order valence-corrected chi connectivity index (χ4v) is 4.37. The fraction of sp³-hybridized carbons (Fsp3) is 0.462. The first-order chi connectivity index (χ1) is 16.5. The second kappa shape index (κ2) is 12.3. The number of benzene rings is 2. The second-order valence-corrected chi connectivity index (χ2v) is 8.03. The molecule has 184 valence electrons. The van der Waals surface area contributed by atoms with Crippen molar-refractivity contribution in [3.05, 3.63) is 53.1 Å². The van der Waals surface area contributed by atoms with Crippen LogP contribution in [-0.4, -0.2) is 64.3 Å². The van der Waals surface area contributed by atoms with E-state index in [1.165, 1.54) is 32.5 Å². The zero-order valence-corrected chi connectivity index (χ0v) is 20.4. The average molecular weight is 471 g/mol. The molecule has 0 bridgehead atoms. The molecule has 2 aromatic rings. The van der Waals surface area contributed by atoms with Gasteiger partial charge in [-0.15, -0.1) is 0 Å². The van der Waals surface area contributed by atoms with Gasteiger partial charge in [-0.25, -0.2) is 0 Å². The Morgan fingerprint density at radius 2 is 1.76 bits per heavy atom. The van der Waals surface area contributed by atoms with Crippen LogP contribution >= 0.6 is 0 Å². The first-order valence-electron chi connectivity index (χ1n) is 11.6. The summed E-state index contributed by atoms with van der Waals surface area (Å²) in [7, 11) is 4.56. The minimum atomic E-state index is -0.228. The highest BCUT2D eigenvalue weighted by atomic mass is 16.5. The van der Waals surface area contributed by atoms with Gasteiger partial charge in [0.25, 0.3) is 5.91 Å². The van der Waals surface area contributed by atoms with E-state index in [2.05, 4.69) is 22.3 Å². The van der Waals surface area contributed by atoms with Gasteiger partial charge in [0.2, 0.25) is 5.75 Å². The second-order valence-electron chi connectivity index (χ2n) is 8.03. The van der Waals surface area contributed by atoms with E-state index in [1.807, 2.05) is 19.1 Å². The van der Waals surface area contributed by atoms with Gasteiger partial charge in [-0.3, -0.25) is 14.5 Å². The van der Waals surface area contributed by atoms with Gasteiger partial charge in [0.15, 0.2) is 11.5 Å². The van der Waals surface area contributed by atoms with Gasteiger partial charge in [0.1, 0.15) is 0 Å². The Balaban J connectivity index is 1.74. The van der Waals surface area contributed by atoms with Crippen LogP contribution in [0.1, 0.15) is 47.3 Å². The molecule has 0 fully saturated rings. The summed E-state index contributed by atoms with van der Waals surface area (Å²) in [4.78, 5) is 27.2. The molecule has 0 aliphatic carbocycles. The van der Waals surface area contributed by atoms with Gasteiger partial charge >= 0.3 is 5.97 Å². The molecule has 1 unspecified atom stereocenters. The van der Waals surface area contributed by atoms with E-state index in [-0.39, 0.29) is 17.9 Å². The summed E-state index contributed by atoms with van der Waals surface area (Å²) in [5.74, 6) is 0.891. The molecule has 0 radical (unpaired) electrons. The number of methoxy groups -OCH3 is 3. The van der Waals surface area contributed by atoms with Crippen molar-refractivity contribution in [3.8, 4) is 17.2 Å². The zero-order valence-electron chi connectivity index (χ0n) is 20.4. The largest absolute Gasteiger partial charge is 0.493 e. The molecule has 1 N–H and O–H groups in total. The van der Waals surface area contributed by atoms with Gasteiger partial charge in [-0.05, 0) is 49.6 Å². The molecule has 8 heteroatoms. The highest BCUT2D eigenvalue weighted by molar-refractivity contribution is 5.95. The Hall–Kier alpha value is -3.26. The first kappa shape index (κ1) is 25.4. The minimum absolute atomic E-state index is 0.0122. The lowest BCUT2D eigenvalue weighted by Gasteiger charge is -2.37. The van der Waals surface area contributed by atoms with E-state index in [4.69, 9.17) is 18.9 Å². The van der Waals surface area contributed by atoms with Crippen LogP contribution in [0.3, 0.4) is 0 Å². The van der Waals surface area contributed by atoms with Crippen molar-refractivity contribution >= 4 is 11.9 Å². The van der Waals surface area contributed by atoms with E-state index < -0.39 is 0 Å². The number of ether oxygens (including phenoxy) is 4. The van der Waals surface area contributed by atoms with Crippen LogP contribution in [0.2, 0.25) is 0 Å². The number of nitrogens with one attached hydrogen (secondary N) is 1. The number of nitrogens with zero attached hydrogens (tertiary/aromatic N) is 1. The Kier molecular flexibility index (Phi) is 9.16. The normalized spacial score (nSPS) is 15.2. The summed E-state index contributed by atoms with van der Waals surface area (Å²) in [6.45, 7) is 4.26. The highest BCUT2D eigenvalue weighted by Gasteiger charge is 2.28. The molecule has 0 spiro atoms. The molecule has 34 heavy (non-hydrogen) atoms. The summed E-state index contributed by atoms with van der Waals surface area (Å²) in [5, 5.41) is 3.07. The number of amides is 1. The Labute approximate surface area is 201 Å². The molecule has 0 aromatic heterocycles. The monoisotopic (exact) mass is 470 g/mol. The summed E-state index contributed by atoms with van der Waals surface area (Å²) >= 11 is 0. The van der Waals surface area contributed by atoms with Gasteiger partial charge in [0.05, 0.1) is 34.0 Å². The molecular formula is C26H34N2O6. The van der Waals surface area contributed by atoms with E-state index in [9.17, 15) is 9.59 Å². The molecular weight excluding hydrogens is 436 g/mol. The zero-order chi connectivity index (χ0) is 24.5. The standard InChI is InChI=1S/C26H34N2O6/c1-5-34-24(29)11-8-13-28-14-12-18-9-6-7-10-20(18)21(28)17-27-26(30)19-15-22(31-2)25(33-4)23(16-19)32-3/h6-7,9-10,15-16,21H,5,8,11-14,17H2,1-4H3,(H,27,30). The maximum Gasteiger partial charge on any atom is 0.305 e. The number of carbonyl (C=O) groups is 2. The maximum absolute atomic E-state index is 13.1. The molecule has 8 nitrogen and oxygen atoms in total. The lowest BCUT2D eigenvalue weighted by molar-refractivity contribution is -0.143. The number of carbonyl (C=O) groups excluding carboxylic acids is 2. The topological polar surface area (TPSA) is 86.3 Å². The predicted molar refractivity (Wildman–Crippen MR) is 129 cm³/mol. The first-order valence-corrected chi connectivity index (χ1v) is 11.6. The van der Waals surface area contributed by atoms with Crippen molar-refractivity contribution < 1.29 is 28.5 Å². The highest BCUT2D eigenvalue weighted by Crippen LogP contribution is 2.38. The van der Waals surface area contributed by atoms with Crippen LogP contribution < -0.4 is 19.5 Å². The van der Waals surface area contributed by atoms with Crippen LogP contribution in [0, 0.1) is 0 Å². The van der Waals surface area contributed by atoms with Gasteiger partial charge in [0, 0.05) is 25.1 Å². The molecule has 0 saturated heterocycles. The smallest absolute Gasteiger partial charge is 0.305 e. The summed E-state index contributed by atoms with van der Waals surface area (Å²) in [5.41, 5.74) is 2.92. The molecule has 1 heterocycles. The SMILES string of the molecule is CCOC(=O)CCCN1CCc2ccccc2C1CNC(=O)c1cc(OC)c(OC)c(OC)c1. The van der Waals surface area contributed by atoms with E-state index in [1.54, 1.807) is 12.1 Å². The molecule has 3 rings (SSSR count). The van der Waals surface area contributed by atoms with Crippen LogP contribution in [0.5, 0.6) is 17.2 Å². The van der Waals surface area contributed by atoms with Crippen LogP contribution in [0.4, 0.5) is 0 Å². The van der Waals surface area contributed by atoms with Crippen molar-refractivity contribution in [2.75, 3.05) is 47.6 Å². The number of esters is 1. The molecule has 0 saturated carbocycles. The van der Waals surface area contributed by atoms with Gasteiger partial charge in [-0.2, -0.15) is 0 Å². The van der Waals surface area contributed by atoms with Crippen molar-refractivity contribution in [1.29, 1.82) is 0 Å². The van der Waals surface area contributed by atoms with Crippen molar-refractivity contribution in [3.63, 3.8) is 0 Å². The third-order valence-electron chi connectivity index (χ3n) is 6.04. The average Bonchev–Trinajstić information content (AvgIpc) is 2.86. The predicted octanol–water partition coefficient (Wildman–Crippen LogP) is 3.38. The van der Waals surface area contributed by atoms with Crippen LogP contribution in [0.25, 0.3) is 0 Å². The van der Waals surface area contributed by atoms with Gasteiger partial charge < -0.3 is 24.3 Å². The Morgan fingerprint density at radius 3 is 2.41 bits per heavy atom. The fourth-order valence-electron chi connectivity index (χ4n) is 4.37. The van der Waals surface area contributed by atoms with Crippen LogP contribution in [-0.2, 0) is 16.0 Å². The lowest BCUT2D eigenvalue weighted by atomic mass is 9.92. The van der Waals surface area contributed by atoms with Crippen molar-refractivity contribution in [2.24, 2.45) is 0 Å². The third kappa shape index (κ3) is 5.99. The number of fused-ring (bicyclic) bond motifs is 1. The number of hydrogen-bond acceptors (Lipinski definition) is 7. The van der Waals surface area contributed by atoms with E-state index in [0.717, 1.165) is 19.5 Å². The van der Waals surface area contributed by atoms with Crippen molar-refractivity contribution in [1.82, 2.24) is 10.2 Å². The summed E-state index contributed by atoms with van der Waals surface area (Å²) < 4.78 is 21.2. The molecule has 1 amide bonds. The molecule has 1 aliphatic heterocycles. The van der Waals surface area contributed by atoms with Crippen LogP contribution in [0.15, 0.2) is 36.4 Å².